The molecule has 1 aliphatic heterocycles. The molecule has 1 amide bonds. The van der Waals surface area contributed by atoms with E-state index in [9.17, 15) is 13.2 Å². The number of carbonyl (C=O) groups excluding carboxylic acids is 1. The second-order valence-electron chi connectivity index (χ2n) is 6.15. The average molecular weight is 354 g/mol. The molecule has 1 heterocycles. The molecule has 7 heteroatoms. The molecule has 0 unspecified atom stereocenters. The average Bonchev–Trinajstić information content (AvgIpc) is 2.57. The molecule has 24 heavy (non-hydrogen) atoms. The fraction of sp³-hybridized carbons (Fsp3) is 0.588. The normalized spacial score (nSPS) is 16.3. The molecule has 2 N–H and O–H groups in total. The second kappa shape index (κ2) is 8.60. The number of hydrogen-bond acceptors (Lipinski definition) is 3. The number of amides is 1. The Labute approximate surface area is 144 Å². The first kappa shape index (κ1) is 18.9. The van der Waals surface area contributed by atoms with Gasteiger partial charge in [-0.1, -0.05) is 13.8 Å². The summed E-state index contributed by atoms with van der Waals surface area (Å²) in [6, 6.07) is 6.41. The molecule has 1 fully saturated rings. The monoisotopic (exact) mass is 354 g/mol. The number of nitrogens with one attached hydrogen (secondary N) is 2. The molecule has 0 bridgehead atoms. The van der Waals surface area contributed by atoms with E-state index in [4.69, 9.17) is 0 Å². The highest BCUT2D eigenvalue weighted by molar-refractivity contribution is 7.89. The van der Waals surface area contributed by atoms with Crippen molar-refractivity contribution in [3.8, 4) is 0 Å². The molecule has 0 aromatic heterocycles. The van der Waals surface area contributed by atoms with Gasteiger partial charge in [0.05, 0.1) is 18.0 Å². The Hall–Kier alpha value is -1.44. The molecule has 134 valence electrons. The van der Waals surface area contributed by atoms with Crippen LogP contribution in [0.5, 0.6) is 0 Å². The molecule has 0 atom stereocenters. The number of nitrogens with zero attached hydrogens (tertiary/aromatic N) is 1. The van der Waals surface area contributed by atoms with E-state index in [-0.39, 0.29) is 10.8 Å². The molecule has 0 radical (unpaired) electrons. The zero-order valence-corrected chi connectivity index (χ0v) is 15.4. The van der Waals surface area contributed by atoms with Crippen LogP contribution in [0.25, 0.3) is 0 Å². The molecular weight excluding hydrogens is 326 g/mol. The minimum absolute atomic E-state index is 0.0220. The van der Waals surface area contributed by atoms with Crippen molar-refractivity contribution >= 4 is 21.6 Å². The molecule has 0 spiro atoms. The third-order valence-electron chi connectivity index (χ3n) is 4.45. The minimum Gasteiger partial charge on any atom is -0.327 e. The summed E-state index contributed by atoms with van der Waals surface area (Å²) >= 11 is 0. The summed E-state index contributed by atoms with van der Waals surface area (Å²) in [7, 11) is -3.45. The molecule has 1 saturated heterocycles. The zero-order chi connectivity index (χ0) is 17.6. The first-order valence-electron chi connectivity index (χ1n) is 8.71. The van der Waals surface area contributed by atoms with Crippen molar-refractivity contribution in [2.24, 2.45) is 0 Å². The highest BCUT2D eigenvalue weighted by atomic mass is 32.2. The number of carbonyl (C=O) groups is 1. The van der Waals surface area contributed by atoms with Crippen molar-refractivity contribution in [1.29, 1.82) is 0 Å². The van der Waals surface area contributed by atoms with Gasteiger partial charge in [-0.05, 0) is 43.5 Å². The Bertz CT molecular complexity index is 634. The molecule has 1 aromatic rings. The SMILES string of the molecule is CCN(CC)S(=O)(=O)c1ccc(NC(=O)C[NH+]2CCCCC2)cc1. The van der Waals surface area contributed by atoms with E-state index in [1.807, 2.05) is 13.8 Å². The molecular formula is C17H28N3O3S+. The van der Waals surface area contributed by atoms with Crippen LogP contribution in [0.2, 0.25) is 0 Å². The van der Waals surface area contributed by atoms with Gasteiger partial charge >= 0.3 is 0 Å². The fourth-order valence-electron chi connectivity index (χ4n) is 3.08. The highest BCUT2D eigenvalue weighted by Gasteiger charge is 2.21. The maximum absolute atomic E-state index is 12.4. The number of sulfonamides is 1. The Morgan fingerprint density at radius 2 is 1.67 bits per heavy atom. The third-order valence-corrected chi connectivity index (χ3v) is 6.52. The van der Waals surface area contributed by atoms with Crippen molar-refractivity contribution in [1.82, 2.24) is 4.31 Å². The molecule has 1 aliphatic rings. The minimum atomic E-state index is -3.45. The lowest BCUT2D eigenvalue weighted by Gasteiger charge is -2.22. The standard InChI is InChI=1S/C17H27N3O3S/c1-3-20(4-2)24(22,23)16-10-8-15(9-11-16)18-17(21)14-19-12-6-5-7-13-19/h8-11H,3-7,12-14H2,1-2H3,(H,18,21)/p+1. The van der Waals surface area contributed by atoms with Crippen LogP contribution in [-0.2, 0) is 14.8 Å². The Morgan fingerprint density at radius 3 is 2.21 bits per heavy atom. The fourth-order valence-corrected chi connectivity index (χ4v) is 4.54. The van der Waals surface area contributed by atoms with Crippen molar-refractivity contribution in [3.63, 3.8) is 0 Å². The van der Waals surface area contributed by atoms with Crippen molar-refractivity contribution < 1.29 is 18.1 Å². The van der Waals surface area contributed by atoms with Crippen LogP contribution in [0.4, 0.5) is 5.69 Å². The number of piperidine rings is 1. The Morgan fingerprint density at radius 1 is 1.08 bits per heavy atom. The predicted octanol–water partition coefficient (Wildman–Crippen LogP) is 0.724. The van der Waals surface area contributed by atoms with E-state index < -0.39 is 10.0 Å². The number of anilines is 1. The van der Waals surface area contributed by atoms with Gasteiger partial charge in [-0.3, -0.25) is 4.79 Å². The van der Waals surface area contributed by atoms with Crippen molar-refractivity contribution in [2.45, 2.75) is 38.0 Å². The summed E-state index contributed by atoms with van der Waals surface area (Å²) in [5.74, 6) is -0.0220. The van der Waals surface area contributed by atoms with E-state index in [2.05, 4.69) is 5.32 Å². The summed E-state index contributed by atoms with van der Waals surface area (Å²) < 4.78 is 26.3. The summed E-state index contributed by atoms with van der Waals surface area (Å²) in [6.07, 6.45) is 3.62. The number of rotatable bonds is 7. The lowest BCUT2D eigenvalue weighted by molar-refractivity contribution is -0.896. The molecule has 1 aromatic carbocycles. The largest absolute Gasteiger partial charge is 0.327 e. The van der Waals surface area contributed by atoms with E-state index in [1.165, 1.54) is 28.5 Å². The maximum atomic E-state index is 12.4. The highest BCUT2D eigenvalue weighted by Crippen LogP contribution is 2.18. The van der Waals surface area contributed by atoms with Gasteiger partial charge in [0, 0.05) is 18.8 Å². The first-order chi connectivity index (χ1) is 11.5. The van der Waals surface area contributed by atoms with Gasteiger partial charge in [-0.15, -0.1) is 0 Å². The smallest absolute Gasteiger partial charge is 0.279 e. The van der Waals surface area contributed by atoms with Gasteiger partial charge in [0.25, 0.3) is 5.91 Å². The number of hydrogen-bond donors (Lipinski definition) is 2. The van der Waals surface area contributed by atoms with Gasteiger partial charge in [0.1, 0.15) is 0 Å². The van der Waals surface area contributed by atoms with E-state index in [0.29, 0.717) is 25.3 Å². The number of quaternary nitrogens is 1. The zero-order valence-electron chi connectivity index (χ0n) is 14.5. The van der Waals surface area contributed by atoms with Crippen molar-refractivity contribution in [3.05, 3.63) is 24.3 Å². The van der Waals surface area contributed by atoms with Gasteiger partial charge in [0.2, 0.25) is 10.0 Å². The molecule has 0 saturated carbocycles. The van der Waals surface area contributed by atoms with Crippen LogP contribution in [0, 0.1) is 0 Å². The quantitative estimate of drug-likeness (QED) is 0.758. The summed E-state index contributed by atoms with van der Waals surface area (Å²) in [6.45, 7) is 7.09. The van der Waals surface area contributed by atoms with E-state index in [1.54, 1.807) is 24.3 Å². The van der Waals surface area contributed by atoms with Crippen LogP contribution in [0.15, 0.2) is 29.2 Å². The summed E-state index contributed by atoms with van der Waals surface area (Å²) in [4.78, 5) is 13.7. The third kappa shape index (κ3) is 4.78. The van der Waals surface area contributed by atoms with Crippen LogP contribution in [0.1, 0.15) is 33.1 Å². The van der Waals surface area contributed by atoms with Crippen LogP contribution >= 0.6 is 0 Å². The van der Waals surface area contributed by atoms with Crippen LogP contribution in [-0.4, -0.2) is 51.4 Å². The number of likely N-dealkylation sites (tertiary alicyclic amines) is 1. The van der Waals surface area contributed by atoms with E-state index in [0.717, 1.165) is 13.1 Å². The summed E-state index contributed by atoms with van der Waals surface area (Å²) in [5.41, 5.74) is 0.634. The Balaban J connectivity index is 1.97. The van der Waals surface area contributed by atoms with Gasteiger partial charge in [0.15, 0.2) is 6.54 Å². The molecule has 0 aliphatic carbocycles. The number of benzene rings is 1. The lowest BCUT2D eigenvalue weighted by atomic mass is 10.1. The predicted molar refractivity (Wildman–Crippen MR) is 94.6 cm³/mol. The van der Waals surface area contributed by atoms with E-state index >= 15 is 0 Å². The van der Waals surface area contributed by atoms with Gasteiger partial charge in [-0.2, -0.15) is 4.31 Å². The summed E-state index contributed by atoms with van der Waals surface area (Å²) in [5, 5.41) is 2.86. The first-order valence-corrected chi connectivity index (χ1v) is 10.1. The molecule has 6 nitrogen and oxygen atoms in total. The second-order valence-corrected chi connectivity index (χ2v) is 8.09. The van der Waals surface area contributed by atoms with Gasteiger partial charge in [-0.25, -0.2) is 8.42 Å². The topological polar surface area (TPSA) is 70.9 Å². The van der Waals surface area contributed by atoms with Crippen molar-refractivity contribution in [2.75, 3.05) is 38.0 Å². The Kier molecular flexibility index (Phi) is 6.77. The lowest BCUT2D eigenvalue weighted by Crippen LogP contribution is -3.13. The molecule has 2 rings (SSSR count). The van der Waals surface area contributed by atoms with Crippen LogP contribution < -0.4 is 10.2 Å². The van der Waals surface area contributed by atoms with Gasteiger partial charge < -0.3 is 10.2 Å². The van der Waals surface area contributed by atoms with Crippen LogP contribution in [0.3, 0.4) is 0 Å². The maximum Gasteiger partial charge on any atom is 0.279 e.